The summed E-state index contributed by atoms with van der Waals surface area (Å²) < 4.78 is 0. The van der Waals surface area contributed by atoms with E-state index in [4.69, 9.17) is 0 Å². The molecule has 14 heavy (non-hydrogen) atoms. The second-order valence-electron chi connectivity index (χ2n) is 3.71. The van der Waals surface area contributed by atoms with Crippen molar-refractivity contribution in [3.05, 3.63) is 33.9 Å². The van der Waals surface area contributed by atoms with Gasteiger partial charge in [-0.2, -0.15) is 0 Å². The molecule has 1 aliphatic heterocycles. The van der Waals surface area contributed by atoms with Crippen LogP contribution >= 0.6 is 0 Å². The second-order valence-corrected chi connectivity index (χ2v) is 3.71. The number of likely N-dealkylation sites (N-methyl/N-ethyl adjacent to an activating group) is 1. The minimum atomic E-state index is -0.312. The lowest BCUT2D eigenvalue weighted by atomic mass is 10.1. The first-order chi connectivity index (χ1) is 6.61. The van der Waals surface area contributed by atoms with Crippen molar-refractivity contribution in [2.24, 2.45) is 0 Å². The number of nitro benzene ring substituents is 1. The van der Waals surface area contributed by atoms with Crippen molar-refractivity contribution in [1.29, 1.82) is 0 Å². The fourth-order valence-electron chi connectivity index (χ4n) is 1.97. The predicted octanol–water partition coefficient (Wildman–Crippen LogP) is 1.98. The number of para-hydroxylation sites is 1. The standard InChI is InChI=1S/C10H12N2O2/c1-7-6-8-4-3-5-9(12(13)14)10(8)11(7)2/h3-5,7H,6H2,1-2H3. The fraction of sp³-hybridized carbons (Fsp3) is 0.400. The number of benzene rings is 1. The highest BCUT2D eigenvalue weighted by Crippen LogP contribution is 2.38. The normalized spacial score (nSPS) is 19.6. The van der Waals surface area contributed by atoms with Crippen LogP contribution in [-0.2, 0) is 6.42 Å². The molecule has 0 N–H and O–H groups in total. The molecule has 0 saturated carbocycles. The summed E-state index contributed by atoms with van der Waals surface area (Å²) in [5.74, 6) is 0. The Bertz CT molecular complexity index is 390. The lowest BCUT2D eigenvalue weighted by molar-refractivity contribution is -0.384. The van der Waals surface area contributed by atoms with Crippen molar-refractivity contribution >= 4 is 11.4 Å². The van der Waals surface area contributed by atoms with E-state index >= 15 is 0 Å². The van der Waals surface area contributed by atoms with Gasteiger partial charge in [-0.15, -0.1) is 0 Å². The van der Waals surface area contributed by atoms with Gasteiger partial charge >= 0.3 is 0 Å². The first-order valence-corrected chi connectivity index (χ1v) is 4.60. The van der Waals surface area contributed by atoms with Gasteiger partial charge in [0.1, 0.15) is 5.69 Å². The van der Waals surface area contributed by atoms with Crippen LogP contribution in [0.5, 0.6) is 0 Å². The molecule has 0 amide bonds. The van der Waals surface area contributed by atoms with E-state index in [2.05, 4.69) is 6.92 Å². The molecule has 74 valence electrons. The largest absolute Gasteiger partial charge is 0.366 e. The topological polar surface area (TPSA) is 46.4 Å². The highest BCUT2D eigenvalue weighted by molar-refractivity contribution is 5.71. The molecule has 4 nitrogen and oxygen atoms in total. The van der Waals surface area contributed by atoms with E-state index in [1.165, 1.54) is 0 Å². The van der Waals surface area contributed by atoms with Crippen molar-refractivity contribution in [1.82, 2.24) is 0 Å². The summed E-state index contributed by atoms with van der Waals surface area (Å²) in [4.78, 5) is 12.5. The molecular weight excluding hydrogens is 180 g/mol. The lowest BCUT2D eigenvalue weighted by Crippen LogP contribution is -2.24. The van der Waals surface area contributed by atoms with Crippen LogP contribution in [0.4, 0.5) is 11.4 Å². The van der Waals surface area contributed by atoms with Crippen LogP contribution in [0.25, 0.3) is 0 Å². The molecule has 1 aromatic carbocycles. The van der Waals surface area contributed by atoms with Crippen molar-refractivity contribution in [2.75, 3.05) is 11.9 Å². The Kier molecular flexibility index (Phi) is 1.91. The van der Waals surface area contributed by atoms with Gasteiger partial charge in [0.2, 0.25) is 0 Å². The molecule has 1 unspecified atom stereocenters. The van der Waals surface area contributed by atoms with Crippen LogP contribution < -0.4 is 4.90 Å². The van der Waals surface area contributed by atoms with E-state index in [9.17, 15) is 10.1 Å². The van der Waals surface area contributed by atoms with Gasteiger partial charge in [-0.3, -0.25) is 10.1 Å². The summed E-state index contributed by atoms with van der Waals surface area (Å²) in [5.41, 5.74) is 2.08. The molecule has 1 aliphatic rings. The zero-order valence-electron chi connectivity index (χ0n) is 8.23. The van der Waals surface area contributed by atoms with Crippen LogP contribution in [-0.4, -0.2) is 18.0 Å². The van der Waals surface area contributed by atoms with Gasteiger partial charge in [0.15, 0.2) is 0 Å². The van der Waals surface area contributed by atoms with Crippen LogP contribution in [0.2, 0.25) is 0 Å². The van der Waals surface area contributed by atoms with Gasteiger partial charge in [-0.05, 0) is 18.9 Å². The number of nitrogens with zero attached hydrogens (tertiary/aromatic N) is 2. The lowest BCUT2D eigenvalue weighted by Gasteiger charge is -2.17. The second kappa shape index (κ2) is 2.97. The van der Waals surface area contributed by atoms with E-state index in [0.29, 0.717) is 6.04 Å². The van der Waals surface area contributed by atoms with Crippen LogP contribution in [0.15, 0.2) is 18.2 Å². The van der Waals surface area contributed by atoms with Gasteiger partial charge < -0.3 is 4.90 Å². The Morgan fingerprint density at radius 3 is 2.93 bits per heavy atom. The predicted molar refractivity (Wildman–Crippen MR) is 54.7 cm³/mol. The van der Waals surface area contributed by atoms with E-state index in [-0.39, 0.29) is 10.6 Å². The van der Waals surface area contributed by atoms with Crippen LogP contribution in [0, 0.1) is 10.1 Å². The molecular formula is C10H12N2O2. The van der Waals surface area contributed by atoms with Crippen molar-refractivity contribution in [3.8, 4) is 0 Å². The van der Waals surface area contributed by atoms with Crippen LogP contribution in [0.1, 0.15) is 12.5 Å². The van der Waals surface area contributed by atoms with E-state index in [1.807, 2.05) is 18.0 Å². The smallest absolute Gasteiger partial charge is 0.292 e. The molecule has 0 spiro atoms. The number of hydrogen-bond donors (Lipinski definition) is 0. The van der Waals surface area contributed by atoms with Crippen molar-refractivity contribution < 1.29 is 4.92 Å². The molecule has 1 aromatic rings. The van der Waals surface area contributed by atoms with Crippen LogP contribution in [0.3, 0.4) is 0 Å². The molecule has 0 bridgehead atoms. The summed E-state index contributed by atoms with van der Waals surface area (Å²) >= 11 is 0. The number of rotatable bonds is 1. The number of hydrogen-bond acceptors (Lipinski definition) is 3. The molecule has 0 aliphatic carbocycles. The fourth-order valence-corrected chi connectivity index (χ4v) is 1.97. The third-order valence-corrected chi connectivity index (χ3v) is 2.82. The van der Waals surface area contributed by atoms with E-state index < -0.39 is 0 Å². The average molecular weight is 192 g/mol. The van der Waals surface area contributed by atoms with Gasteiger partial charge in [-0.25, -0.2) is 0 Å². The summed E-state index contributed by atoms with van der Waals surface area (Å²) in [6.45, 7) is 2.07. The number of anilines is 1. The quantitative estimate of drug-likeness (QED) is 0.505. The first kappa shape index (κ1) is 8.99. The molecule has 4 heteroatoms. The molecule has 0 aromatic heterocycles. The maximum atomic E-state index is 10.8. The molecule has 2 rings (SSSR count). The Hall–Kier alpha value is -1.58. The highest BCUT2D eigenvalue weighted by atomic mass is 16.6. The maximum absolute atomic E-state index is 10.8. The monoisotopic (exact) mass is 192 g/mol. The van der Waals surface area contributed by atoms with Crippen molar-refractivity contribution in [3.63, 3.8) is 0 Å². The summed E-state index contributed by atoms with van der Waals surface area (Å²) in [6, 6.07) is 5.63. The Labute approximate surface area is 82.3 Å². The third kappa shape index (κ3) is 1.14. The average Bonchev–Trinajstić information content (AvgIpc) is 2.43. The zero-order valence-corrected chi connectivity index (χ0v) is 8.23. The minimum absolute atomic E-state index is 0.217. The Morgan fingerprint density at radius 1 is 1.57 bits per heavy atom. The molecule has 1 atom stereocenters. The SMILES string of the molecule is CC1Cc2cccc([N+](=O)[O-])c2N1C. The van der Waals surface area contributed by atoms with E-state index in [1.54, 1.807) is 12.1 Å². The Balaban J connectivity index is 2.58. The number of nitro groups is 1. The molecule has 1 heterocycles. The van der Waals surface area contributed by atoms with Gasteiger partial charge in [0, 0.05) is 19.2 Å². The molecule has 0 radical (unpaired) electrons. The molecule has 0 saturated heterocycles. The summed E-state index contributed by atoms with van der Waals surface area (Å²) in [5, 5.41) is 10.8. The van der Waals surface area contributed by atoms with Gasteiger partial charge in [0.05, 0.1) is 4.92 Å². The first-order valence-electron chi connectivity index (χ1n) is 4.60. The summed E-state index contributed by atoms with van der Waals surface area (Å²) in [6.07, 6.45) is 0.896. The highest BCUT2D eigenvalue weighted by Gasteiger charge is 2.29. The zero-order chi connectivity index (χ0) is 10.3. The molecule has 0 fully saturated rings. The van der Waals surface area contributed by atoms with Gasteiger partial charge in [-0.1, -0.05) is 12.1 Å². The minimum Gasteiger partial charge on any atom is -0.366 e. The van der Waals surface area contributed by atoms with E-state index in [0.717, 1.165) is 17.7 Å². The van der Waals surface area contributed by atoms with Crippen molar-refractivity contribution in [2.45, 2.75) is 19.4 Å². The number of fused-ring (bicyclic) bond motifs is 1. The summed E-state index contributed by atoms with van der Waals surface area (Å²) in [7, 11) is 1.91. The van der Waals surface area contributed by atoms with Gasteiger partial charge in [0.25, 0.3) is 5.69 Å². The third-order valence-electron chi connectivity index (χ3n) is 2.82. The maximum Gasteiger partial charge on any atom is 0.292 e. The Morgan fingerprint density at radius 2 is 2.29 bits per heavy atom.